The number of aliphatic carboxylic acids is 1. The van der Waals surface area contributed by atoms with E-state index in [1.165, 1.54) is 16.7 Å². The second-order valence-electron chi connectivity index (χ2n) is 10.7. The first-order valence-electron chi connectivity index (χ1n) is 14.0. The number of rotatable bonds is 17. The molecule has 1 heterocycles. The summed E-state index contributed by atoms with van der Waals surface area (Å²) in [5, 5.41) is 22.6. The summed E-state index contributed by atoms with van der Waals surface area (Å²) in [5.41, 5.74) is 5.34. The summed E-state index contributed by atoms with van der Waals surface area (Å²) in [7, 11) is 0. The van der Waals surface area contributed by atoms with Crippen LogP contribution < -0.4 is 5.32 Å². The molecule has 0 spiro atoms. The number of carbonyl (C=O) groups excluding carboxylic acids is 2. The third-order valence-electron chi connectivity index (χ3n) is 6.91. The number of nitrogens with one attached hydrogen (secondary N) is 1. The Morgan fingerprint density at radius 2 is 1.59 bits per heavy atom. The van der Waals surface area contributed by atoms with E-state index in [9.17, 15) is 24.6 Å². The first kappa shape index (κ1) is 33.7. The summed E-state index contributed by atoms with van der Waals surface area (Å²) < 4.78 is 0. The Morgan fingerprint density at radius 1 is 0.976 bits per heavy atom. The molecule has 7 nitrogen and oxygen atoms in total. The van der Waals surface area contributed by atoms with E-state index in [4.69, 9.17) is 0 Å². The van der Waals surface area contributed by atoms with Gasteiger partial charge in [0.2, 0.25) is 5.91 Å². The van der Waals surface area contributed by atoms with Crippen LogP contribution in [-0.4, -0.2) is 56.5 Å². The highest BCUT2D eigenvalue weighted by Crippen LogP contribution is 2.34. The number of benzene rings is 1. The Bertz CT molecular complexity index is 1190. The topological polar surface area (TPSA) is 107 Å². The average Bonchev–Trinajstić information content (AvgIpc) is 3.15. The standard InChI is InChI=1S/C33H44N2O5S/c1-22(2)11-9-12-23(3)13-10-14-24(4)19-20-41-21-29(26(6)36)34-31(37)18-17-30(33(39)40)35-25(5)27-15-7-8-16-28(27)32(35)38/h7-8,11,13,15-16,19,29-30,36H,5-6,9-10,12,14,17-18,20-21H2,1-4H3,(H,34,37)(H,39,40)/b23-13+,24-19+/t29-,30?/m0/s1. The number of carbonyl (C=O) groups is 3. The maximum absolute atomic E-state index is 12.9. The summed E-state index contributed by atoms with van der Waals surface area (Å²) >= 11 is 1.56. The third kappa shape index (κ3) is 10.8. The molecule has 0 radical (unpaired) electrons. The van der Waals surface area contributed by atoms with E-state index in [1.54, 1.807) is 36.0 Å². The van der Waals surface area contributed by atoms with Crippen LogP contribution in [0.15, 0.2) is 78.1 Å². The van der Waals surface area contributed by atoms with Crippen molar-refractivity contribution in [3.8, 4) is 0 Å². The number of hydrogen-bond donors (Lipinski definition) is 3. The predicted octanol–water partition coefficient (Wildman–Crippen LogP) is 7.06. The number of carboxylic acids is 1. The van der Waals surface area contributed by atoms with E-state index in [1.807, 2.05) is 0 Å². The summed E-state index contributed by atoms with van der Waals surface area (Å²) in [5.74, 6) is -1.08. The van der Waals surface area contributed by atoms with Gasteiger partial charge in [-0.3, -0.25) is 14.5 Å². The molecular formula is C33H44N2O5S. The molecule has 3 N–H and O–H groups in total. The molecule has 0 bridgehead atoms. The van der Waals surface area contributed by atoms with E-state index in [2.05, 4.69) is 64.4 Å². The molecule has 0 saturated heterocycles. The van der Waals surface area contributed by atoms with E-state index >= 15 is 0 Å². The largest absolute Gasteiger partial charge is 0.511 e. The molecular weight excluding hydrogens is 536 g/mol. The highest BCUT2D eigenvalue weighted by molar-refractivity contribution is 7.99. The number of aliphatic hydroxyl groups excluding tert-OH is 1. The second kappa shape index (κ2) is 16.7. The summed E-state index contributed by atoms with van der Waals surface area (Å²) in [6, 6.07) is 4.92. The second-order valence-corrected chi connectivity index (χ2v) is 11.7. The number of nitrogens with zero attached hydrogens (tertiary/aromatic N) is 1. The van der Waals surface area contributed by atoms with Crippen LogP contribution in [0.1, 0.15) is 82.1 Å². The van der Waals surface area contributed by atoms with Crippen LogP contribution in [0.25, 0.3) is 5.70 Å². The van der Waals surface area contributed by atoms with Crippen LogP contribution in [-0.2, 0) is 9.59 Å². The molecule has 2 rings (SSSR count). The van der Waals surface area contributed by atoms with Gasteiger partial charge in [-0.15, -0.1) is 0 Å². The molecule has 2 atom stereocenters. The lowest BCUT2D eigenvalue weighted by molar-refractivity contribution is -0.141. The van der Waals surface area contributed by atoms with Crippen molar-refractivity contribution < 1.29 is 24.6 Å². The van der Waals surface area contributed by atoms with Crippen molar-refractivity contribution in [3.05, 3.63) is 89.3 Å². The molecule has 2 amide bonds. The van der Waals surface area contributed by atoms with Gasteiger partial charge in [-0.25, -0.2) is 4.79 Å². The van der Waals surface area contributed by atoms with Crippen LogP contribution in [0.4, 0.5) is 0 Å². The number of allylic oxidation sites excluding steroid dienone is 5. The Kier molecular flexibility index (Phi) is 13.7. The third-order valence-corrected chi connectivity index (χ3v) is 7.89. The zero-order valence-corrected chi connectivity index (χ0v) is 25.6. The lowest BCUT2D eigenvalue weighted by atomic mass is 10.1. The predicted molar refractivity (Wildman–Crippen MR) is 169 cm³/mol. The Hall–Kier alpha value is -3.52. The highest BCUT2D eigenvalue weighted by atomic mass is 32.2. The fraction of sp³-hybridized carbons (Fsp3) is 0.424. The normalized spacial score (nSPS) is 14.9. The minimum absolute atomic E-state index is 0.0948. The van der Waals surface area contributed by atoms with Gasteiger partial charge in [-0.05, 0) is 65.9 Å². The van der Waals surface area contributed by atoms with Gasteiger partial charge in [-0.1, -0.05) is 66.3 Å². The molecule has 0 aromatic heterocycles. The smallest absolute Gasteiger partial charge is 0.326 e. The van der Waals surface area contributed by atoms with Crippen LogP contribution in [0.3, 0.4) is 0 Å². The monoisotopic (exact) mass is 580 g/mol. The minimum Gasteiger partial charge on any atom is -0.511 e. The number of aliphatic hydroxyl groups is 1. The zero-order valence-electron chi connectivity index (χ0n) is 24.7. The Balaban J connectivity index is 1.81. The zero-order chi connectivity index (χ0) is 30.5. The first-order chi connectivity index (χ1) is 19.4. The molecule has 0 aliphatic carbocycles. The van der Waals surface area contributed by atoms with Crippen molar-refractivity contribution in [2.75, 3.05) is 11.5 Å². The van der Waals surface area contributed by atoms with Crippen LogP contribution >= 0.6 is 11.8 Å². The van der Waals surface area contributed by atoms with Crippen molar-refractivity contribution >= 4 is 35.2 Å². The first-order valence-corrected chi connectivity index (χ1v) is 15.1. The molecule has 1 aromatic rings. The molecule has 1 aliphatic rings. The number of amides is 2. The molecule has 0 fully saturated rings. The fourth-order valence-electron chi connectivity index (χ4n) is 4.48. The van der Waals surface area contributed by atoms with Gasteiger partial charge in [0, 0.05) is 34.8 Å². The van der Waals surface area contributed by atoms with Gasteiger partial charge >= 0.3 is 5.97 Å². The van der Waals surface area contributed by atoms with E-state index in [0.29, 0.717) is 22.6 Å². The van der Waals surface area contributed by atoms with Crippen LogP contribution in [0.2, 0.25) is 0 Å². The number of thioether (sulfide) groups is 1. The molecule has 1 aliphatic heterocycles. The average molecular weight is 581 g/mol. The summed E-state index contributed by atoms with van der Waals surface area (Å²) in [6.07, 6.45) is 10.6. The van der Waals surface area contributed by atoms with Crippen molar-refractivity contribution in [2.45, 2.75) is 78.3 Å². The van der Waals surface area contributed by atoms with Crippen LogP contribution in [0.5, 0.6) is 0 Å². The summed E-state index contributed by atoms with van der Waals surface area (Å²) in [6.45, 7) is 16.0. The van der Waals surface area contributed by atoms with Crippen LogP contribution in [0, 0.1) is 0 Å². The van der Waals surface area contributed by atoms with E-state index in [-0.39, 0.29) is 18.6 Å². The van der Waals surface area contributed by atoms with E-state index in [0.717, 1.165) is 36.3 Å². The number of hydrogen-bond acceptors (Lipinski definition) is 5. The van der Waals surface area contributed by atoms with Crippen molar-refractivity contribution in [2.24, 2.45) is 0 Å². The van der Waals surface area contributed by atoms with E-state index < -0.39 is 29.9 Å². The molecule has 41 heavy (non-hydrogen) atoms. The van der Waals surface area contributed by atoms with Gasteiger partial charge in [0.1, 0.15) is 11.8 Å². The quantitative estimate of drug-likeness (QED) is 0.104. The molecule has 8 heteroatoms. The highest BCUT2D eigenvalue weighted by Gasteiger charge is 2.39. The van der Waals surface area contributed by atoms with Crippen molar-refractivity contribution in [3.63, 3.8) is 0 Å². The number of fused-ring (bicyclic) bond motifs is 1. The summed E-state index contributed by atoms with van der Waals surface area (Å²) in [4.78, 5) is 38.7. The van der Waals surface area contributed by atoms with Gasteiger partial charge in [-0.2, -0.15) is 11.8 Å². The van der Waals surface area contributed by atoms with Gasteiger partial charge in [0.15, 0.2) is 0 Å². The van der Waals surface area contributed by atoms with Crippen molar-refractivity contribution in [1.82, 2.24) is 10.2 Å². The Labute approximate surface area is 248 Å². The minimum atomic E-state index is -1.23. The molecule has 0 saturated carbocycles. The lowest BCUT2D eigenvalue weighted by Crippen LogP contribution is -2.43. The molecule has 222 valence electrons. The lowest BCUT2D eigenvalue weighted by Gasteiger charge is -2.25. The SMILES string of the molecule is C=C(O)[C@H](CSC/C=C(\C)CC/C=C(\C)CCC=C(C)C)NC(=O)CCC(C(=O)O)N1C(=C)c2ccccc2C1=O. The fourth-order valence-corrected chi connectivity index (χ4v) is 5.53. The van der Waals surface area contributed by atoms with Gasteiger partial charge in [0.25, 0.3) is 5.91 Å². The maximum atomic E-state index is 12.9. The molecule has 1 aromatic carbocycles. The van der Waals surface area contributed by atoms with Crippen molar-refractivity contribution in [1.29, 1.82) is 0 Å². The Morgan fingerprint density at radius 3 is 2.17 bits per heavy atom. The van der Waals surface area contributed by atoms with Gasteiger partial charge in [0.05, 0.1) is 6.04 Å². The number of carboxylic acid groups (broad SMARTS) is 1. The van der Waals surface area contributed by atoms with Gasteiger partial charge < -0.3 is 15.5 Å². The molecule has 1 unspecified atom stereocenters. The maximum Gasteiger partial charge on any atom is 0.326 e.